The molecule has 0 spiro atoms. The van der Waals surface area contributed by atoms with E-state index >= 15 is 0 Å². The zero-order chi connectivity index (χ0) is 21.1. The Labute approximate surface area is 185 Å². The molecule has 0 N–H and O–H groups in total. The van der Waals surface area contributed by atoms with Gasteiger partial charge < -0.3 is 0 Å². The minimum absolute atomic E-state index is 0.237. The number of carbonyl (C=O) groups excluding carboxylic acids is 1. The van der Waals surface area contributed by atoms with E-state index in [0.29, 0.717) is 15.0 Å². The second-order valence-corrected chi connectivity index (χ2v) is 10.8. The average molecular weight is 470 g/mol. The van der Waals surface area contributed by atoms with Gasteiger partial charge in [-0.1, -0.05) is 0 Å². The van der Waals surface area contributed by atoms with Gasteiger partial charge in [0.25, 0.3) is 0 Å². The zero-order valence-electron chi connectivity index (χ0n) is 17.9. The fourth-order valence-electron chi connectivity index (χ4n) is 4.74. The second kappa shape index (κ2) is 9.08. The molecule has 1 unspecified atom stereocenters. The molecule has 1 fully saturated rings. The Morgan fingerprint density at radius 2 is 1.70 bits per heavy atom. The molecule has 1 aliphatic carbocycles. The molecule has 0 bridgehead atoms. The van der Waals surface area contributed by atoms with E-state index in [-0.39, 0.29) is 17.8 Å². The fourth-order valence-corrected chi connectivity index (χ4v) is 7.42. The number of carbonyl (C=O) groups is 1. The average Bonchev–Trinajstić information content (AvgIpc) is 2.97. The molecule has 0 saturated heterocycles. The van der Waals surface area contributed by atoms with Crippen LogP contribution in [0.4, 0.5) is 4.39 Å². The van der Waals surface area contributed by atoms with Gasteiger partial charge in [-0.2, -0.15) is 0 Å². The first-order chi connectivity index (χ1) is 14.5. The molecule has 158 valence electrons. The molecule has 1 heterocycles. The first-order valence-corrected chi connectivity index (χ1v) is 13.4. The van der Waals surface area contributed by atoms with Crippen LogP contribution in [0, 0.1) is 11.2 Å². The summed E-state index contributed by atoms with van der Waals surface area (Å²) in [4.78, 5) is 15.9. The van der Waals surface area contributed by atoms with E-state index < -0.39 is 5.41 Å². The van der Waals surface area contributed by atoms with Gasteiger partial charge in [0.2, 0.25) is 0 Å². The van der Waals surface area contributed by atoms with Crippen LogP contribution in [-0.2, 0) is 10.1 Å². The van der Waals surface area contributed by atoms with Crippen LogP contribution in [0.1, 0.15) is 57.1 Å². The van der Waals surface area contributed by atoms with Crippen molar-refractivity contribution in [2.75, 3.05) is 0 Å². The molecule has 4 heteroatoms. The minimum atomic E-state index is -0.462. The summed E-state index contributed by atoms with van der Waals surface area (Å²) in [6.45, 7) is 4.25. The van der Waals surface area contributed by atoms with Crippen molar-refractivity contribution in [3.63, 3.8) is 0 Å². The molecule has 30 heavy (non-hydrogen) atoms. The van der Waals surface area contributed by atoms with Crippen LogP contribution in [0.2, 0.25) is 5.32 Å². The van der Waals surface area contributed by atoms with E-state index in [1.807, 2.05) is 18.2 Å². The zero-order valence-corrected chi connectivity index (χ0v) is 19.6. The monoisotopic (exact) mass is 471 g/mol. The number of amides is 1. The topological polar surface area (TPSA) is 20.3 Å². The molecule has 2 nitrogen and oxygen atoms in total. The number of hydrogen-bond donors (Lipinski definition) is 0. The van der Waals surface area contributed by atoms with E-state index in [4.69, 9.17) is 0 Å². The van der Waals surface area contributed by atoms with E-state index in [1.165, 1.54) is 37.0 Å². The third-order valence-electron chi connectivity index (χ3n) is 6.67. The summed E-state index contributed by atoms with van der Waals surface area (Å²) >= 11 is 0.337. The van der Waals surface area contributed by atoms with Gasteiger partial charge in [0.05, 0.1) is 0 Å². The molecule has 0 aromatic heterocycles. The van der Waals surface area contributed by atoms with Crippen molar-refractivity contribution in [3.05, 3.63) is 77.1 Å². The second-order valence-electron chi connectivity index (χ2n) is 8.76. The quantitative estimate of drug-likeness (QED) is 0.470. The Morgan fingerprint density at radius 1 is 1.03 bits per heavy atom. The Hall–Kier alpha value is -1.90. The summed E-state index contributed by atoms with van der Waals surface area (Å²) in [5.74, 6) is 0.0145. The first kappa shape index (κ1) is 21.3. The maximum atomic E-state index is 13.9. The molecule has 2 aromatic carbocycles. The third-order valence-corrected chi connectivity index (χ3v) is 9.44. The van der Waals surface area contributed by atoms with Crippen molar-refractivity contribution in [2.24, 2.45) is 5.41 Å². The van der Waals surface area contributed by atoms with Crippen molar-refractivity contribution in [1.82, 2.24) is 4.90 Å². The summed E-state index contributed by atoms with van der Waals surface area (Å²) in [7, 11) is 0. The number of nitrogens with zero attached hydrogens (tertiary/aromatic N) is 1. The van der Waals surface area contributed by atoms with Gasteiger partial charge in [-0.15, -0.1) is 0 Å². The van der Waals surface area contributed by atoms with Crippen molar-refractivity contribution in [1.29, 1.82) is 0 Å². The van der Waals surface area contributed by atoms with Crippen LogP contribution in [0.15, 0.2) is 60.2 Å². The fraction of sp³-hybridized carbons (Fsp3) is 0.423. The molecule has 1 aliphatic heterocycles. The Balaban J connectivity index is 1.64. The molecule has 0 radical (unpaired) electrons. The van der Waals surface area contributed by atoms with Crippen molar-refractivity contribution >= 4 is 26.6 Å². The summed E-state index contributed by atoms with van der Waals surface area (Å²) in [6, 6.07) is 17.5. The van der Waals surface area contributed by atoms with Gasteiger partial charge in [-0.3, -0.25) is 0 Å². The SMILES string of the molecule is CC1=C(c2ccc(F)cc2)N(C2CCCCC2)C(=O)C1(C)C[Se]Cc1ccccc1. The number of hydrogen-bond acceptors (Lipinski definition) is 1. The van der Waals surface area contributed by atoms with Gasteiger partial charge in [0.15, 0.2) is 0 Å². The van der Waals surface area contributed by atoms with Crippen LogP contribution >= 0.6 is 0 Å². The molecule has 1 amide bonds. The summed E-state index contributed by atoms with van der Waals surface area (Å²) < 4.78 is 13.6. The summed E-state index contributed by atoms with van der Waals surface area (Å²) in [6.07, 6.45) is 5.74. The Bertz CT molecular complexity index is 918. The normalized spacial score (nSPS) is 22.8. The van der Waals surface area contributed by atoms with Gasteiger partial charge in [-0.05, 0) is 0 Å². The van der Waals surface area contributed by atoms with Crippen LogP contribution < -0.4 is 0 Å². The van der Waals surface area contributed by atoms with E-state index in [2.05, 4.69) is 43.0 Å². The van der Waals surface area contributed by atoms with E-state index in [1.54, 1.807) is 0 Å². The Morgan fingerprint density at radius 3 is 2.37 bits per heavy atom. The molecule has 1 saturated carbocycles. The van der Waals surface area contributed by atoms with Crippen LogP contribution in [0.3, 0.4) is 0 Å². The predicted octanol–water partition coefficient (Wildman–Crippen LogP) is 6.06. The van der Waals surface area contributed by atoms with Gasteiger partial charge in [0, 0.05) is 0 Å². The van der Waals surface area contributed by atoms with E-state index in [9.17, 15) is 9.18 Å². The predicted molar refractivity (Wildman–Crippen MR) is 122 cm³/mol. The van der Waals surface area contributed by atoms with Gasteiger partial charge in [-0.25, -0.2) is 0 Å². The molecular weight excluding hydrogens is 440 g/mol. The first-order valence-electron chi connectivity index (χ1n) is 10.9. The van der Waals surface area contributed by atoms with Crippen LogP contribution in [0.25, 0.3) is 5.70 Å². The van der Waals surface area contributed by atoms with Gasteiger partial charge in [0.1, 0.15) is 0 Å². The molecule has 2 aliphatic rings. The molecule has 2 aromatic rings. The summed E-state index contributed by atoms with van der Waals surface area (Å²) in [5.41, 5.74) is 4.03. The van der Waals surface area contributed by atoms with Crippen LogP contribution in [-0.4, -0.2) is 31.8 Å². The third kappa shape index (κ3) is 4.13. The van der Waals surface area contributed by atoms with Crippen molar-refractivity contribution < 1.29 is 9.18 Å². The number of benzene rings is 2. The maximum absolute atomic E-state index is 13.9. The number of halogens is 1. The Kier molecular flexibility index (Phi) is 6.45. The molecule has 4 rings (SSSR count). The summed E-state index contributed by atoms with van der Waals surface area (Å²) in [5, 5.41) is 1.94. The number of rotatable bonds is 6. The van der Waals surface area contributed by atoms with Gasteiger partial charge >= 0.3 is 186 Å². The van der Waals surface area contributed by atoms with Crippen LogP contribution in [0.5, 0.6) is 0 Å². The standard InChI is InChI=1S/C26H30FNOSe/c1-19-24(21-13-15-22(27)16-14-21)28(23-11-7-4-8-12-23)25(29)26(19,2)18-30-17-20-9-5-3-6-10-20/h3,5-6,9-10,13-16,23H,4,7-8,11-12,17-18H2,1-2H3. The molecule has 1 atom stereocenters. The van der Waals surface area contributed by atoms with Crippen molar-refractivity contribution in [2.45, 2.75) is 62.6 Å². The van der Waals surface area contributed by atoms with E-state index in [0.717, 1.165) is 40.3 Å². The van der Waals surface area contributed by atoms with Crippen molar-refractivity contribution in [3.8, 4) is 0 Å². The molecular formula is C26H30FNOSe.